The lowest BCUT2D eigenvalue weighted by Crippen LogP contribution is -2.40. The molecule has 0 aliphatic carbocycles. The highest BCUT2D eigenvalue weighted by Gasteiger charge is 2.43. The third-order valence-electron chi connectivity index (χ3n) is 5.16. The molecule has 0 spiro atoms. The molecule has 2 heterocycles. The second kappa shape index (κ2) is 10.1. The summed E-state index contributed by atoms with van der Waals surface area (Å²) < 4.78 is 42.7. The standard InChI is InChI=1S/C23H22F3N5O3/c24-23(25,26)20(32)21(33)28-16-3-1-15(2-4-16)19-9-10-27-22(30-19)29-17-5-7-18(8-6-17)31-11-13-34-14-12-31/h1-10,20,32H,11-14H2,(H,28,33)(H,27,29,30). The van der Waals surface area contributed by atoms with Crippen molar-refractivity contribution in [3.8, 4) is 11.3 Å². The van der Waals surface area contributed by atoms with Crippen molar-refractivity contribution >= 4 is 28.9 Å². The maximum absolute atomic E-state index is 12.4. The van der Waals surface area contributed by atoms with E-state index in [2.05, 4.69) is 20.2 Å². The van der Waals surface area contributed by atoms with Crippen molar-refractivity contribution in [1.82, 2.24) is 9.97 Å². The van der Waals surface area contributed by atoms with Gasteiger partial charge in [0.2, 0.25) is 12.1 Å². The first-order valence-electron chi connectivity index (χ1n) is 10.5. The van der Waals surface area contributed by atoms with Crippen molar-refractivity contribution in [1.29, 1.82) is 0 Å². The van der Waals surface area contributed by atoms with Crippen LogP contribution in [0.4, 0.5) is 36.2 Å². The van der Waals surface area contributed by atoms with E-state index in [1.54, 1.807) is 24.4 Å². The smallest absolute Gasteiger partial charge is 0.378 e. The van der Waals surface area contributed by atoms with Gasteiger partial charge in [0, 0.05) is 41.9 Å². The number of carbonyl (C=O) groups excluding carboxylic acids is 1. The van der Waals surface area contributed by atoms with Crippen LogP contribution in [0.2, 0.25) is 0 Å². The third-order valence-corrected chi connectivity index (χ3v) is 5.16. The Balaban J connectivity index is 1.40. The first-order valence-corrected chi connectivity index (χ1v) is 10.5. The zero-order valence-corrected chi connectivity index (χ0v) is 17.9. The fraction of sp³-hybridized carbons (Fsp3) is 0.261. The maximum Gasteiger partial charge on any atom is 0.423 e. The van der Waals surface area contributed by atoms with Crippen LogP contribution in [0.15, 0.2) is 60.8 Å². The topological polar surface area (TPSA) is 99.6 Å². The van der Waals surface area contributed by atoms with E-state index in [-0.39, 0.29) is 5.69 Å². The van der Waals surface area contributed by atoms with E-state index in [1.165, 1.54) is 12.1 Å². The Labute approximate surface area is 193 Å². The normalized spacial score (nSPS) is 15.0. The zero-order valence-electron chi connectivity index (χ0n) is 17.9. The number of halogens is 3. The molecule has 0 saturated carbocycles. The molecular formula is C23H22F3N5O3. The van der Waals surface area contributed by atoms with E-state index in [1.807, 2.05) is 29.6 Å². The fourth-order valence-electron chi connectivity index (χ4n) is 3.37. The molecule has 178 valence electrons. The average Bonchev–Trinajstić information content (AvgIpc) is 2.84. The van der Waals surface area contributed by atoms with Gasteiger partial charge in [0.15, 0.2) is 0 Å². The number of anilines is 4. The summed E-state index contributed by atoms with van der Waals surface area (Å²) in [5.41, 5.74) is 3.29. The lowest BCUT2D eigenvalue weighted by molar-refractivity contribution is -0.202. The van der Waals surface area contributed by atoms with E-state index < -0.39 is 18.2 Å². The van der Waals surface area contributed by atoms with E-state index in [0.29, 0.717) is 30.4 Å². The minimum absolute atomic E-state index is 0.116. The van der Waals surface area contributed by atoms with Gasteiger partial charge in [-0.15, -0.1) is 0 Å². The van der Waals surface area contributed by atoms with E-state index >= 15 is 0 Å². The molecule has 8 nitrogen and oxygen atoms in total. The van der Waals surface area contributed by atoms with Crippen LogP contribution in [-0.2, 0) is 9.53 Å². The fourth-order valence-corrected chi connectivity index (χ4v) is 3.37. The van der Waals surface area contributed by atoms with Gasteiger partial charge in [-0.25, -0.2) is 9.97 Å². The first-order chi connectivity index (χ1) is 16.3. The minimum atomic E-state index is -5.03. The number of alkyl halides is 3. The summed E-state index contributed by atoms with van der Waals surface area (Å²) in [6, 6.07) is 15.6. The molecule has 1 aromatic heterocycles. The Morgan fingerprint density at radius 3 is 2.29 bits per heavy atom. The molecule has 2 aromatic carbocycles. The summed E-state index contributed by atoms with van der Waals surface area (Å²) in [6.45, 7) is 3.12. The molecule has 34 heavy (non-hydrogen) atoms. The molecule has 4 rings (SSSR count). The number of aliphatic hydroxyl groups excluding tert-OH is 1. The SMILES string of the molecule is O=C(Nc1ccc(-c2ccnc(Nc3ccc(N4CCOCC4)cc3)n2)cc1)C(O)C(F)(F)F. The third kappa shape index (κ3) is 5.80. The molecule has 11 heteroatoms. The van der Waals surface area contributed by atoms with Gasteiger partial charge in [0.25, 0.3) is 5.91 Å². The summed E-state index contributed by atoms with van der Waals surface area (Å²) in [4.78, 5) is 22.5. The number of aromatic nitrogens is 2. The van der Waals surface area contributed by atoms with Gasteiger partial charge in [-0.2, -0.15) is 13.2 Å². The quantitative estimate of drug-likeness (QED) is 0.503. The van der Waals surface area contributed by atoms with Crippen LogP contribution in [0.3, 0.4) is 0 Å². The summed E-state index contributed by atoms with van der Waals surface area (Å²) in [5, 5.41) is 14.2. The molecule has 1 saturated heterocycles. The first kappa shape index (κ1) is 23.5. The lowest BCUT2D eigenvalue weighted by Gasteiger charge is -2.28. The number of nitrogens with one attached hydrogen (secondary N) is 2. The highest BCUT2D eigenvalue weighted by molar-refractivity contribution is 5.94. The number of benzene rings is 2. The highest BCUT2D eigenvalue weighted by atomic mass is 19.4. The van der Waals surface area contributed by atoms with Crippen LogP contribution in [-0.4, -0.2) is 59.6 Å². The highest BCUT2D eigenvalue weighted by Crippen LogP contribution is 2.25. The number of morpholine rings is 1. The van der Waals surface area contributed by atoms with Crippen molar-refractivity contribution in [2.24, 2.45) is 0 Å². The minimum Gasteiger partial charge on any atom is -0.378 e. The maximum atomic E-state index is 12.4. The van der Waals surface area contributed by atoms with Crippen LogP contribution >= 0.6 is 0 Å². The van der Waals surface area contributed by atoms with Gasteiger partial charge in [-0.1, -0.05) is 12.1 Å². The molecule has 0 radical (unpaired) electrons. The molecule has 3 aromatic rings. The number of amides is 1. The van der Waals surface area contributed by atoms with Crippen molar-refractivity contribution in [3.63, 3.8) is 0 Å². The predicted octanol–water partition coefficient (Wildman–Crippen LogP) is 3.59. The van der Waals surface area contributed by atoms with Crippen LogP contribution in [0.1, 0.15) is 0 Å². The zero-order chi connectivity index (χ0) is 24.1. The number of nitrogens with zero attached hydrogens (tertiary/aromatic N) is 3. The van der Waals surface area contributed by atoms with Gasteiger partial charge in [0.05, 0.1) is 18.9 Å². The van der Waals surface area contributed by atoms with Gasteiger partial charge in [-0.05, 0) is 42.5 Å². The number of hydrogen-bond acceptors (Lipinski definition) is 7. The van der Waals surface area contributed by atoms with Crippen LogP contribution in [0.5, 0.6) is 0 Å². The Hall–Kier alpha value is -3.70. The Kier molecular flexibility index (Phi) is 6.94. The molecule has 3 N–H and O–H groups in total. The molecular weight excluding hydrogens is 451 g/mol. The van der Waals surface area contributed by atoms with E-state index in [9.17, 15) is 18.0 Å². The van der Waals surface area contributed by atoms with Crippen molar-refractivity contribution in [3.05, 3.63) is 60.8 Å². The monoisotopic (exact) mass is 473 g/mol. The lowest BCUT2D eigenvalue weighted by atomic mass is 10.1. The predicted molar refractivity (Wildman–Crippen MR) is 121 cm³/mol. The largest absolute Gasteiger partial charge is 0.423 e. The van der Waals surface area contributed by atoms with Gasteiger partial charge < -0.3 is 25.4 Å². The second-order valence-corrected chi connectivity index (χ2v) is 7.55. The molecule has 1 fully saturated rings. The van der Waals surface area contributed by atoms with Crippen molar-refractivity contribution in [2.45, 2.75) is 12.3 Å². The van der Waals surface area contributed by atoms with Gasteiger partial charge in [-0.3, -0.25) is 4.79 Å². The summed E-state index contributed by atoms with van der Waals surface area (Å²) in [7, 11) is 0. The van der Waals surface area contributed by atoms with Crippen LogP contribution in [0.25, 0.3) is 11.3 Å². The van der Waals surface area contributed by atoms with E-state index in [4.69, 9.17) is 9.84 Å². The van der Waals surface area contributed by atoms with Crippen molar-refractivity contribution < 1.29 is 27.8 Å². The van der Waals surface area contributed by atoms with E-state index in [0.717, 1.165) is 24.5 Å². The number of aliphatic hydroxyl groups is 1. The molecule has 1 atom stereocenters. The number of carbonyl (C=O) groups is 1. The Bertz CT molecular complexity index is 1120. The molecule has 1 amide bonds. The van der Waals surface area contributed by atoms with Gasteiger partial charge in [0.1, 0.15) is 0 Å². The molecule has 0 bridgehead atoms. The molecule has 1 unspecified atom stereocenters. The Morgan fingerprint density at radius 1 is 1.00 bits per heavy atom. The summed E-state index contributed by atoms with van der Waals surface area (Å²) in [6.07, 6.45) is -6.54. The van der Waals surface area contributed by atoms with Crippen molar-refractivity contribution in [2.75, 3.05) is 41.8 Å². The number of hydrogen-bond donors (Lipinski definition) is 3. The Morgan fingerprint density at radius 2 is 1.65 bits per heavy atom. The van der Waals surface area contributed by atoms with Gasteiger partial charge >= 0.3 is 6.18 Å². The molecule has 1 aliphatic rings. The average molecular weight is 473 g/mol. The van der Waals surface area contributed by atoms with Crippen LogP contribution < -0.4 is 15.5 Å². The summed E-state index contributed by atoms with van der Waals surface area (Å²) in [5.74, 6) is -1.17. The number of rotatable bonds is 6. The molecule has 1 aliphatic heterocycles. The second-order valence-electron chi connectivity index (χ2n) is 7.55. The van der Waals surface area contributed by atoms with Crippen LogP contribution in [0, 0.1) is 0 Å². The summed E-state index contributed by atoms with van der Waals surface area (Å²) >= 11 is 0. The number of ether oxygens (including phenoxy) is 1.